The lowest BCUT2D eigenvalue weighted by Crippen LogP contribution is -2.46. The van der Waals surface area contributed by atoms with Crippen molar-refractivity contribution in [3.63, 3.8) is 0 Å². The van der Waals surface area contributed by atoms with Gasteiger partial charge in [-0.25, -0.2) is 4.79 Å². The summed E-state index contributed by atoms with van der Waals surface area (Å²) in [7, 11) is 0. The molecule has 2 heterocycles. The SMILES string of the molecule is CC(C)(C)OC(=O)N1CCC(C(=O)N2CCCNCC2)CC1. The normalized spacial score (nSPS) is 21.4. The van der Waals surface area contributed by atoms with Gasteiger partial charge in [0.2, 0.25) is 5.91 Å². The zero-order valence-electron chi connectivity index (χ0n) is 14.1. The Balaban J connectivity index is 1.81. The number of piperidine rings is 1. The molecule has 0 unspecified atom stereocenters. The van der Waals surface area contributed by atoms with E-state index in [2.05, 4.69) is 5.32 Å². The van der Waals surface area contributed by atoms with Crippen LogP contribution in [0.1, 0.15) is 40.0 Å². The molecular formula is C16H29N3O3. The van der Waals surface area contributed by atoms with Crippen molar-refractivity contribution in [1.29, 1.82) is 0 Å². The Morgan fingerprint density at radius 2 is 1.68 bits per heavy atom. The third-order valence-electron chi connectivity index (χ3n) is 4.15. The molecule has 6 nitrogen and oxygen atoms in total. The van der Waals surface area contributed by atoms with Crippen molar-refractivity contribution in [2.45, 2.75) is 45.6 Å². The summed E-state index contributed by atoms with van der Waals surface area (Å²) in [6.45, 7) is 10.3. The van der Waals surface area contributed by atoms with Crippen LogP contribution in [0.5, 0.6) is 0 Å². The first-order valence-electron chi connectivity index (χ1n) is 8.34. The van der Waals surface area contributed by atoms with Gasteiger partial charge in [0.15, 0.2) is 0 Å². The summed E-state index contributed by atoms with van der Waals surface area (Å²) in [5, 5.41) is 3.32. The average molecular weight is 311 g/mol. The lowest BCUT2D eigenvalue weighted by Gasteiger charge is -2.34. The van der Waals surface area contributed by atoms with Crippen LogP contribution >= 0.6 is 0 Å². The zero-order valence-corrected chi connectivity index (χ0v) is 14.1. The molecule has 6 heteroatoms. The molecule has 2 amide bonds. The Hall–Kier alpha value is -1.30. The minimum Gasteiger partial charge on any atom is -0.444 e. The Labute approximate surface area is 133 Å². The Kier molecular flexibility index (Phi) is 5.67. The van der Waals surface area contributed by atoms with Crippen molar-refractivity contribution >= 4 is 12.0 Å². The third-order valence-corrected chi connectivity index (χ3v) is 4.15. The number of rotatable bonds is 1. The maximum Gasteiger partial charge on any atom is 0.410 e. The summed E-state index contributed by atoms with van der Waals surface area (Å²) >= 11 is 0. The van der Waals surface area contributed by atoms with Crippen LogP contribution in [-0.4, -0.2) is 66.7 Å². The topological polar surface area (TPSA) is 61.9 Å². The maximum atomic E-state index is 12.6. The van der Waals surface area contributed by atoms with Crippen LogP contribution in [0.25, 0.3) is 0 Å². The summed E-state index contributed by atoms with van der Waals surface area (Å²) < 4.78 is 5.39. The standard InChI is InChI=1S/C16H29N3O3/c1-16(2,3)22-15(21)19-10-5-13(6-11-19)14(20)18-9-4-7-17-8-12-18/h13,17H,4-12H2,1-3H3. The van der Waals surface area contributed by atoms with E-state index in [-0.39, 0.29) is 17.9 Å². The van der Waals surface area contributed by atoms with Crippen LogP contribution in [-0.2, 0) is 9.53 Å². The highest BCUT2D eigenvalue weighted by Gasteiger charge is 2.32. The van der Waals surface area contributed by atoms with Crippen LogP contribution in [0.3, 0.4) is 0 Å². The van der Waals surface area contributed by atoms with Gasteiger partial charge in [-0.1, -0.05) is 0 Å². The van der Waals surface area contributed by atoms with Gasteiger partial charge in [0, 0.05) is 38.6 Å². The first-order valence-corrected chi connectivity index (χ1v) is 8.34. The third kappa shape index (κ3) is 4.87. The summed E-state index contributed by atoms with van der Waals surface area (Å²) in [5.41, 5.74) is -0.469. The van der Waals surface area contributed by atoms with Crippen LogP contribution < -0.4 is 5.32 Å². The van der Waals surface area contributed by atoms with E-state index < -0.39 is 5.60 Å². The van der Waals surface area contributed by atoms with Gasteiger partial charge in [-0.3, -0.25) is 4.79 Å². The van der Waals surface area contributed by atoms with Crippen LogP contribution in [0.2, 0.25) is 0 Å². The number of nitrogens with zero attached hydrogens (tertiary/aromatic N) is 2. The van der Waals surface area contributed by atoms with Crippen molar-refractivity contribution in [3.8, 4) is 0 Å². The Bertz CT molecular complexity index is 390. The van der Waals surface area contributed by atoms with E-state index in [9.17, 15) is 9.59 Å². The minimum absolute atomic E-state index is 0.0526. The van der Waals surface area contributed by atoms with Crippen molar-refractivity contribution < 1.29 is 14.3 Å². The van der Waals surface area contributed by atoms with Gasteiger partial charge >= 0.3 is 6.09 Å². The van der Waals surface area contributed by atoms with Gasteiger partial charge in [0.25, 0.3) is 0 Å². The zero-order chi connectivity index (χ0) is 16.2. The molecule has 2 aliphatic heterocycles. The quantitative estimate of drug-likeness (QED) is 0.796. The smallest absolute Gasteiger partial charge is 0.410 e. The second kappa shape index (κ2) is 7.31. The van der Waals surface area contributed by atoms with Crippen molar-refractivity contribution in [1.82, 2.24) is 15.1 Å². The lowest BCUT2D eigenvalue weighted by atomic mass is 9.95. The fourth-order valence-electron chi connectivity index (χ4n) is 2.96. The number of hydrogen-bond acceptors (Lipinski definition) is 4. The summed E-state index contributed by atoms with van der Waals surface area (Å²) in [5.74, 6) is 0.310. The number of likely N-dealkylation sites (tertiary alicyclic amines) is 1. The number of ether oxygens (including phenoxy) is 1. The highest BCUT2D eigenvalue weighted by atomic mass is 16.6. The fourth-order valence-corrected chi connectivity index (χ4v) is 2.96. The lowest BCUT2D eigenvalue weighted by molar-refractivity contribution is -0.136. The first-order chi connectivity index (χ1) is 10.4. The number of hydrogen-bond donors (Lipinski definition) is 1. The molecule has 0 aromatic rings. The molecule has 0 bridgehead atoms. The molecule has 0 atom stereocenters. The summed E-state index contributed by atoms with van der Waals surface area (Å²) in [4.78, 5) is 28.3. The predicted molar refractivity (Wildman–Crippen MR) is 84.6 cm³/mol. The second-order valence-electron chi connectivity index (χ2n) is 7.17. The number of nitrogens with one attached hydrogen (secondary N) is 1. The summed E-state index contributed by atoms with van der Waals surface area (Å²) in [6, 6.07) is 0. The molecule has 0 spiro atoms. The van der Waals surface area contributed by atoms with E-state index in [1.807, 2.05) is 25.7 Å². The van der Waals surface area contributed by atoms with Gasteiger partial charge in [-0.2, -0.15) is 0 Å². The van der Waals surface area contributed by atoms with E-state index in [0.717, 1.165) is 45.4 Å². The molecule has 0 aromatic heterocycles. The van der Waals surface area contributed by atoms with Gasteiger partial charge in [-0.05, 0) is 46.6 Å². The van der Waals surface area contributed by atoms with Crippen molar-refractivity contribution in [2.24, 2.45) is 5.92 Å². The van der Waals surface area contributed by atoms with Crippen molar-refractivity contribution in [3.05, 3.63) is 0 Å². The molecule has 0 aromatic carbocycles. The fraction of sp³-hybridized carbons (Fsp3) is 0.875. The molecular weight excluding hydrogens is 282 g/mol. The molecule has 126 valence electrons. The van der Waals surface area contributed by atoms with E-state index in [1.54, 1.807) is 4.90 Å². The molecule has 2 fully saturated rings. The van der Waals surface area contributed by atoms with E-state index in [0.29, 0.717) is 13.1 Å². The largest absolute Gasteiger partial charge is 0.444 e. The van der Waals surface area contributed by atoms with Crippen molar-refractivity contribution in [2.75, 3.05) is 39.3 Å². The molecule has 0 radical (unpaired) electrons. The van der Waals surface area contributed by atoms with Crippen LogP contribution in [0, 0.1) is 5.92 Å². The van der Waals surface area contributed by atoms with Gasteiger partial charge in [0.1, 0.15) is 5.60 Å². The molecule has 22 heavy (non-hydrogen) atoms. The summed E-state index contributed by atoms with van der Waals surface area (Å²) in [6.07, 6.45) is 2.23. The highest BCUT2D eigenvalue weighted by Crippen LogP contribution is 2.22. The molecule has 2 saturated heterocycles. The van der Waals surface area contributed by atoms with Gasteiger partial charge in [0.05, 0.1) is 0 Å². The Morgan fingerprint density at radius 3 is 2.32 bits per heavy atom. The highest BCUT2D eigenvalue weighted by molar-refractivity contribution is 5.79. The molecule has 2 aliphatic rings. The van der Waals surface area contributed by atoms with Crippen LogP contribution in [0.4, 0.5) is 4.79 Å². The first kappa shape index (κ1) is 17.1. The second-order valence-corrected chi connectivity index (χ2v) is 7.17. The Morgan fingerprint density at radius 1 is 1.00 bits per heavy atom. The molecule has 0 aliphatic carbocycles. The van der Waals surface area contributed by atoms with Crippen LogP contribution in [0.15, 0.2) is 0 Å². The molecule has 1 N–H and O–H groups in total. The van der Waals surface area contributed by atoms with E-state index in [1.165, 1.54) is 0 Å². The molecule has 2 rings (SSSR count). The van der Waals surface area contributed by atoms with Gasteiger partial charge < -0.3 is 19.9 Å². The predicted octanol–water partition coefficient (Wildman–Crippen LogP) is 1.46. The number of amides is 2. The maximum absolute atomic E-state index is 12.6. The molecule has 0 saturated carbocycles. The van der Waals surface area contributed by atoms with Gasteiger partial charge in [-0.15, -0.1) is 0 Å². The number of carbonyl (C=O) groups is 2. The van der Waals surface area contributed by atoms with E-state index >= 15 is 0 Å². The number of carbonyl (C=O) groups excluding carboxylic acids is 2. The average Bonchev–Trinajstić information content (AvgIpc) is 2.74. The van der Waals surface area contributed by atoms with E-state index in [4.69, 9.17) is 4.74 Å². The minimum atomic E-state index is -0.469. The monoisotopic (exact) mass is 311 g/mol.